The largest absolute Gasteiger partial charge is 0.497 e. The average molecular weight is 400 g/mol. The van der Waals surface area contributed by atoms with Crippen LogP contribution in [0.5, 0.6) is 5.75 Å². The van der Waals surface area contributed by atoms with Crippen LogP contribution < -0.4 is 10.3 Å². The molecule has 0 spiro atoms. The van der Waals surface area contributed by atoms with Gasteiger partial charge in [-0.2, -0.15) is 0 Å². The summed E-state index contributed by atoms with van der Waals surface area (Å²) < 4.78 is 8.55. The number of nitrogens with zero attached hydrogens (tertiary/aromatic N) is 5. The van der Waals surface area contributed by atoms with Crippen molar-refractivity contribution in [2.24, 2.45) is 0 Å². The molecule has 4 rings (SSSR count). The first-order valence-electron chi connectivity index (χ1n) is 7.99. The van der Waals surface area contributed by atoms with Crippen molar-refractivity contribution >= 4 is 29.0 Å². The number of rotatable bonds is 5. The van der Waals surface area contributed by atoms with E-state index in [0.717, 1.165) is 11.4 Å². The highest BCUT2D eigenvalue weighted by molar-refractivity contribution is 7.98. The first kappa shape index (κ1) is 17.6. The minimum Gasteiger partial charge on any atom is -0.497 e. The number of methoxy groups -OCH3 is 1. The molecule has 1 aromatic carbocycles. The van der Waals surface area contributed by atoms with E-state index in [4.69, 9.17) is 16.3 Å². The van der Waals surface area contributed by atoms with Gasteiger partial charge in [0.1, 0.15) is 17.7 Å². The van der Waals surface area contributed by atoms with Gasteiger partial charge in [-0.15, -0.1) is 10.2 Å². The van der Waals surface area contributed by atoms with Crippen LogP contribution >= 0.6 is 23.4 Å². The van der Waals surface area contributed by atoms with Crippen molar-refractivity contribution in [3.63, 3.8) is 0 Å². The predicted octanol–water partition coefficient (Wildman–Crippen LogP) is 3.23. The van der Waals surface area contributed by atoms with Crippen LogP contribution in [0.4, 0.5) is 0 Å². The van der Waals surface area contributed by atoms with Gasteiger partial charge in [-0.1, -0.05) is 29.4 Å². The topological polar surface area (TPSA) is 74.3 Å². The summed E-state index contributed by atoms with van der Waals surface area (Å²) in [6, 6.07) is 12.6. The highest BCUT2D eigenvalue weighted by atomic mass is 35.5. The van der Waals surface area contributed by atoms with E-state index in [1.54, 1.807) is 31.8 Å². The number of fused-ring (bicyclic) bond motifs is 1. The van der Waals surface area contributed by atoms with E-state index in [1.807, 2.05) is 28.8 Å². The second kappa shape index (κ2) is 7.42. The number of hydrogen-bond donors (Lipinski definition) is 0. The quantitative estimate of drug-likeness (QED) is 0.480. The van der Waals surface area contributed by atoms with E-state index < -0.39 is 0 Å². The van der Waals surface area contributed by atoms with Crippen molar-refractivity contribution in [2.45, 2.75) is 10.9 Å². The number of benzene rings is 1. The van der Waals surface area contributed by atoms with Gasteiger partial charge in [0.15, 0.2) is 5.16 Å². The van der Waals surface area contributed by atoms with Gasteiger partial charge >= 0.3 is 0 Å². The second-order valence-electron chi connectivity index (χ2n) is 5.63. The summed E-state index contributed by atoms with van der Waals surface area (Å²) in [4.78, 5) is 16.8. The minimum atomic E-state index is -0.174. The van der Waals surface area contributed by atoms with Crippen molar-refractivity contribution in [3.8, 4) is 11.4 Å². The lowest BCUT2D eigenvalue weighted by Gasteiger charge is -2.08. The molecule has 0 amide bonds. The molecule has 0 bridgehead atoms. The summed E-state index contributed by atoms with van der Waals surface area (Å²) in [6.07, 6.45) is 3.20. The highest BCUT2D eigenvalue weighted by Gasteiger charge is 2.10. The van der Waals surface area contributed by atoms with Gasteiger partial charge < -0.3 is 4.74 Å². The fourth-order valence-electron chi connectivity index (χ4n) is 2.60. The molecule has 3 heterocycles. The average Bonchev–Trinajstić information content (AvgIpc) is 3.16. The van der Waals surface area contributed by atoms with Gasteiger partial charge in [-0.3, -0.25) is 13.8 Å². The van der Waals surface area contributed by atoms with Gasteiger partial charge in [0, 0.05) is 24.1 Å². The van der Waals surface area contributed by atoms with Gasteiger partial charge in [-0.05, 0) is 24.3 Å². The Morgan fingerprint density at radius 2 is 2.11 bits per heavy atom. The summed E-state index contributed by atoms with van der Waals surface area (Å²) in [5.74, 6) is 1.23. The van der Waals surface area contributed by atoms with Crippen molar-refractivity contribution in [3.05, 3.63) is 76.1 Å². The predicted molar refractivity (Wildman–Crippen MR) is 104 cm³/mol. The summed E-state index contributed by atoms with van der Waals surface area (Å²) in [6.45, 7) is 0. The van der Waals surface area contributed by atoms with Crippen LogP contribution in [-0.4, -0.2) is 31.3 Å². The maximum Gasteiger partial charge on any atom is 0.258 e. The summed E-state index contributed by atoms with van der Waals surface area (Å²) in [7, 11) is 1.62. The Balaban J connectivity index is 1.60. The normalized spacial score (nSPS) is 11.0. The Morgan fingerprint density at radius 3 is 2.96 bits per heavy atom. The Hall–Kier alpha value is -2.84. The lowest BCUT2D eigenvalue weighted by atomic mass is 10.3. The number of thioether (sulfide) groups is 1. The number of pyridine rings is 1. The lowest BCUT2D eigenvalue weighted by Crippen LogP contribution is -2.15. The second-order valence-corrected chi connectivity index (χ2v) is 7.01. The molecule has 3 aromatic heterocycles. The van der Waals surface area contributed by atoms with Gasteiger partial charge in [0.25, 0.3) is 5.56 Å². The van der Waals surface area contributed by atoms with E-state index in [0.29, 0.717) is 27.3 Å². The maximum atomic E-state index is 12.3. The Labute approximate surface area is 163 Å². The highest BCUT2D eigenvalue weighted by Crippen LogP contribution is 2.24. The molecule has 0 radical (unpaired) electrons. The van der Waals surface area contributed by atoms with E-state index in [-0.39, 0.29) is 5.56 Å². The molecule has 4 aromatic rings. The zero-order chi connectivity index (χ0) is 18.8. The number of halogens is 1. The third kappa shape index (κ3) is 3.67. The van der Waals surface area contributed by atoms with Crippen molar-refractivity contribution in [1.82, 2.24) is 24.1 Å². The smallest absolute Gasteiger partial charge is 0.258 e. The van der Waals surface area contributed by atoms with Crippen LogP contribution in [0.1, 0.15) is 5.69 Å². The molecule has 0 unspecified atom stereocenters. The summed E-state index contributed by atoms with van der Waals surface area (Å²) >= 11 is 7.39. The lowest BCUT2D eigenvalue weighted by molar-refractivity contribution is 0.414. The van der Waals surface area contributed by atoms with Gasteiger partial charge in [-0.25, -0.2) is 4.98 Å². The molecule has 0 saturated heterocycles. The van der Waals surface area contributed by atoms with Crippen LogP contribution in [-0.2, 0) is 5.75 Å². The third-order valence-electron chi connectivity index (χ3n) is 3.87. The first-order valence-corrected chi connectivity index (χ1v) is 9.35. The number of hydrogen-bond acceptors (Lipinski definition) is 6. The first-order chi connectivity index (χ1) is 13.1. The standard InChI is InChI=1S/C18H14ClN5O2S/c1-26-15-4-2-3-14(8-15)24-11-20-22-18(24)27-10-13-7-17(25)23-9-12(19)5-6-16(23)21-13/h2-9,11H,10H2,1H3. The number of ether oxygens (including phenoxy) is 1. The van der Waals surface area contributed by atoms with E-state index in [2.05, 4.69) is 15.2 Å². The minimum absolute atomic E-state index is 0.174. The molecule has 0 aliphatic carbocycles. The van der Waals surface area contributed by atoms with Crippen LogP contribution in [0.3, 0.4) is 0 Å². The molecule has 136 valence electrons. The van der Waals surface area contributed by atoms with Gasteiger partial charge in [0.2, 0.25) is 0 Å². The monoisotopic (exact) mass is 399 g/mol. The van der Waals surface area contributed by atoms with Crippen molar-refractivity contribution < 1.29 is 4.74 Å². The van der Waals surface area contributed by atoms with E-state index in [1.165, 1.54) is 22.2 Å². The molecule has 9 heteroatoms. The molecular weight excluding hydrogens is 386 g/mol. The maximum absolute atomic E-state index is 12.3. The van der Waals surface area contributed by atoms with Crippen LogP contribution in [0.25, 0.3) is 11.3 Å². The number of aromatic nitrogens is 5. The molecule has 0 saturated carbocycles. The SMILES string of the molecule is COc1cccc(-n2cnnc2SCc2cc(=O)n3cc(Cl)ccc3n2)c1. The van der Waals surface area contributed by atoms with E-state index >= 15 is 0 Å². The molecule has 27 heavy (non-hydrogen) atoms. The summed E-state index contributed by atoms with van der Waals surface area (Å²) in [5.41, 5.74) is 1.93. The molecule has 0 atom stereocenters. The fraction of sp³-hybridized carbons (Fsp3) is 0.111. The third-order valence-corrected chi connectivity index (χ3v) is 5.07. The molecular formula is C18H14ClN5O2S. The molecule has 0 N–H and O–H groups in total. The van der Waals surface area contributed by atoms with E-state index in [9.17, 15) is 4.79 Å². The van der Waals surface area contributed by atoms with Crippen molar-refractivity contribution in [1.29, 1.82) is 0 Å². The van der Waals surface area contributed by atoms with Gasteiger partial charge in [0.05, 0.1) is 23.5 Å². The van der Waals surface area contributed by atoms with Crippen LogP contribution in [0.15, 0.2) is 64.9 Å². The van der Waals surface area contributed by atoms with Crippen LogP contribution in [0, 0.1) is 0 Å². The molecule has 7 nitrogen and oxygen atoms in total. The zero-order valence-electron chi connectivity index (χ0n) is 14.2. The molecule has 0 aliphatic rings. The fourth-order valence-corrected chi connectivity index (χ4v) is 3.58. The van der Waals surface area contributed by atoms with Crippen molar-refractivity contribution in [2.75, 3.05) is 7.11 Å². The summed E-state index contributed by atoms with van der Waals surface area (Å²) in [5, 5.41) is 9.34. The Bertz CT molecular complexity index is 1170. The molecule has 0 aliphatic heterocycles. The Kier molecular flexibility index (Phi) is 4.83. The molecule has 0 fully saturated rings. The van der Waals surface area contributed by atoms with Crippen LogP contribution in [0.2, 0.25) is 5.02 Å². The Morgan fingerprint density at radius 1 is 1.22 bits per heavy atom. The zero-order valence-corrected chi connectivity index (χ0v) is 15.8.